The lowest BCUT2D eigenvalue weighted by molar-refractivity contribution is -0.144. The molecule has 0 rings (SSSR count). The van der Waals surface area contributed by atoms with Gasteiger partial charge in [-0.3, -0.25) is 9.59 Å². The van der Waals surface area contributed by atoms with E-state index in [0.29, 0.717) is 0 Å². The van der Waals surface area contributed by atoms with Gasteiger partial charge in [0.2, 0.25) is 0 Å². The molecule has 0 radical (unpaired) electrons. The lowest BCUT2D eigenvalue weighted by atomic mass is 10.2. The van der Waals surface area contributed by atoms with Gasteiger partial charge in [-0.2, -0.15) is 0 Å². The Hall–Kier alpha value is -0.750. The minimum atomic E-state index is -1.34. The van der Waals surface area contributed by atoms with Crippen molar-refractivity contribution in [3.05, 3.63) is 0 Å². The van der Waals surface area contributed by atoms with Crippen LogP contribution in [0.15, 0.2) is 0 Å². The zero-order valence-electron chi connectivity index (χ0n) is 5.85. The Morgan fingerprint density at radius 1 is 1.36 bits per heavy atom. The third kappa shape index (κ3) is 2.77. The van der Waals surface area contributed by atoms with Crippen molar-refractivity contribution in [1.29, 1.82) is 0 Å². The standard InChI is InChI=1S/C5H9NO4S/c1-11-3(5(9)10)2(6)4(7)8/h2-3H,6H2,1H3,(H,7,8)(H,9,10)/t2-,3?/m0/s1. The molecule has 0 bridgehead atoms. The number of carboxylic acids is 2. The van der Waals surface area contributed by atoms with Crippen LogP contribution in [0.1, 0.15) is 0 Å². The zero-order chi connectivity index (χ0) is 9.02. The van der Waals surface area contributed by atoms with Crippen LogP contribution in [0.2, 0.25) is 0 Å². The largest absolute Gasteiger partial charge is 0.480 e. The first-order chi connectivity index (χ1) is 5.00. The second kappa shape index (κ2) is 4.20. The van der Waals surface area contributed by atoms with Gasteiger partial charge in [-0.05, 0) is 6.26 Å². The summed E-state index contributed by atoms with van der Waals surface area (Å²) in [6, 6.07) is -1.34. The molecule has 0 fully saturated rings. The number of rotatable bonds is 4. The molecule has 64 valence electrons. The summed E-state index contributed by atoms with van der Waals surface area (Å²) in [4.78, 5) is 20.5. The molecule has 1 unspecified atom stereocenters. The van der Waals surface area contributed by atoms with Crippen LogP contribution in [0, 0.1) is 0 Å². The molecule has 0 heterocycles. The number of carboxylic acid groups (broad SMARTS) is 2. The maximum atomic E-state index is 10.3. The molecule has 0 aromatic heterocycles. The number of hydrogen-bond acceptors (Lipinski definition) is 4. The van der Waals surface area contributed by atoms with Gasteiger partial charge in [0, 0.05) is 0 Å². The molecule has 0 saturated carbocycles. The van der Waals surface area contributed by atoms with E-state index in [0.717, 1.165) is 11.8 Å². The first kappa shape index (κ1) is 10.2. The topological polar surface area (TPSA) is 101 Å². The van der Waals surface area contributed by atoms with Gasteiger partial charge in [0.25, 0.3) is 0 Å². The number of thioether (sulfide) groups is 1. The van der Waals surface area contributed by atoms with E-state index in [1.807, 2.05) is 0 Å². The summed E-state index contributed by atoms with van der Waals surface area (Å²) in [5, 5.41) is 15.7. The number of nitrogens with two attached hydrogens (primary N) is 1. The van der Waals surface area contributed by atoms with E-state index >= 15 is 0 Å². The molecule has 0 amide bonds. The van der Waals surface area contributed by atoms with E-state index in [1.54, 1.807) is 0 Å². The number of carbonyl (C=O) groups is 2. The molecular weight excluding hydrogens is 170 g/mol. The molecule has 2 atom stereocenters. The smallest absolute Gasteiger partial charge is 0.322 e. The van der Waals surface area contributed by atoms with Crippen LogP contribution in [-0.2, 0) is 9.59 Å². The molecule has 0 aliphatic carbocycles. The predicted molar refractivity (Wildman–Crippen MR) is 40.5 cm³/mol. The quantitative estimate of drug-likeness (QED) is 0.523. The maximum absolute atomic E-state index is 10.3. The van der Waals surface area contributed by atoms with Gasteiger partial charge in [0.1, 0.15) is 11.3 Å². The molecular formula is C5H9NO4S. The summed E-state index contributed by atoms with van der Waals surface area (Å²) in [5.41, 5.74) is 5.07. The monoisotopic (exact) mass is 179 g/mol. The fourth-order valence-corrected chi connectivity index (χ4v) is 1.14. The Morgan fingerprint density at radius 2 is 1.82 bits per heavy atom. The Kier molecular flexibility index (Phi) is 3.91. The van der Waals surface area contributed by atoms with Crippen molar-refractivity contribution in [3.8, 4) is 0 Å². The minimum absolute atomic E-state index is 0.909. The van der Waals surface area contributed by atoms with Crippen LogP contribution in [-0.4, -0.2) is 39.7 Å². The van der Waals surface area contributed by atoms with Crippen molar-refractivity contribution in [2.75, 3.05) is 6.26 Å². The summed E-state index contributed by atoms with van der Waals surface area (Å²) >= 11 is 0.909. The first-order valence-corrected chi connectivity index (χ1v) is 4.03. The highest BCUT2D eigenvalue weighted by molar-refractivity contribution is 8.00. The van der Waals surface area contributed by atoms with Crippen LogP contribution in [0.3, 0.4) is 0 Å². The van der Waals surface area contributed by atoms with E-state index in [9.17, 15) is 9.59 Å². The highest BCUT2D eigenvalue weighted by Crippen LogP contribution is 2.09. The molecule has 0 aliphatic heterocycles. The van der Waals surface area contributed by atoms with Gasteiger partial charge >= 0.3 is 11.9 Å². The van der Waals surface area contributed by atoms with Crippen molar-refractivity contribution in [2.24, 2.45) is 5.73 Å². The van der Waals surface area contributed by atoms with Gasteiger partial charge in [-0.25, -0.2) is 0 Å². The van der Waals surface area contributed by atoms with Gasteiger partial charge in [0.15, 0.2) is 0 Å². The molecule has 0 saturated heterocycles. The SMILES string of the molecule is CSC(C(=O)O)[C@H](N)C(=O)O. The third-order valence-electron chi connectivity index (χ3n) is 1.11. The highest BCUT2D eigenvalue weighted by Gasteiger charge is 2.29. The zero-order valence-corrected chi connectivity index (χ0v) is 6.67. The molecule has 0 spiro atoms. The second-order valence-corrected chi connectivity index (χ2v) is 2.84. The van der Waals surface area contributed by atoms with Crippen LogP contribution >= 0.6 is 11.8 Å². The van der Waals surface area contributed by atoms with E-state index in [1.165, 1.54) is 6.26 Å². The molecule has 0 aliphatic rings. The summed E-state index contributed by atoms with van der Waals surface area (Å²) in [7, 11) is 0. The van der Waals surface area contributed by atoms with E-state index in [4.69, 9.17) is 15.9 Å². The first-order valence-electron chi connectivity index (χ1n) is 2.74. The van der Waals surface area contributed by atoms with Gasteiger partial charge < -0.3 is 15.9 Å². The molecule has 0 aromatic rings. The summed E-state index contributed by atoms with van der Waals surface area (Å²) in [6.45, 7) is 0. The number of aliphatic carboxylic acids is 2. The highest BCUT2D eigenvalue weighted by atomic mass is 32.2. The van der Waals surface area contributed by atoms with E-state index < -0.39 is 23.2 Å². The van der Waals surface area contributed by atoms with Gasteiger partial charge in [-0.1, -0.05) is 0 Å². The van der Waals surface area contributed by atoms with Crippen molar-refractivity contribution >= 4 is 23.7 Å². The normalized spacial score (nSPS) is 15.5. The summed E-state index contributed by atoms with van der Waals surface area (Å²) in [5.74, 6) is -2.50. The van der Waals surface area contributed by atoms with Crippen LogP contribution in [0.4, 0.5) is 0 Å². The fourth-order valence-electron chi connectivity index (χ4n) is 0.531. The lowest BCUT2D eigenvalue weighted by Crippen LogP contribution is -2.44. The fraction of sp³-hybridized carbons (Fsp3) is 0.600. The Labute approximate surface area is 67.6 Å². The van der Waals surface area contributed by atoms with Crippen LogP contribution in [0.25, 0.3) is 0 Å². The van der Waals surface area contributed by atoms with Crippen molar-refractivity contribution in [2.45, 2.75) is 11.3 Å². The Morgan fingerprint density at radius 3 is 1.91 bits per heavy atom. The van der Waals surface area contributed by atoms with Gasteiger partial charge in [0.05, 0.1) is 0 Å². The average molecular weight is 179 g/mol. The van der Waals surface area contributed by atoms with E-state index in [-0.39, 0.29) is 0 Å². The Bertz CT molecular complexity index is 172. The Balaban J connectivity index is 4.25. The molecule has 6 heteroatoms. The van der Waals surface area contributed by atoms with Crippen molar-refractivity contribution in [1.82, 2.24) is 0 Å². The number of hydrogen-bond donors (Lipinski definition) is 3. The van der Waals surface area contributed by atoms with Crippen molar-refractivity contribution < 1.29 is 19.8 Å². The van der Waals surface area contributed by atoms with Gasteiger partial charge in [-0.15, -0.1) is 11.8 Å². The summed E-state index contributed by atoms with van der Waals surface area (Å²) in [6.07, 6.45) is 1.50. The average Bonchev–Trinajstić information content (AvgIpc) is 1.88. The molecule has 5 nitrogen and oxygen atoms in total. The maximum Gasteiger partial charge on any atom is 0.322 e. The van der Waals surface area contributed by atoms with Crippen molar-refractivity contribution in [3.63, 3.8) is 0 Å². The van der Waals surface area contributed by atoms with Crippen LogP contribution in [0.5, 0.6) is 0 Å². The minimum Gasteiger partial charge on any atom is -0.480 e. The molecule has 11 heavy (non-hydrogen) atoms. The van der Waals surface area contributed by atoms with Crippen LogP contribution < -0.4 is 5.73 Å². The summed E-state index contributed by atoms with van der Waals surface area (Å²) < 4.78 is 0. The predicted octanol–water partition coefficient (Wildman–Crippen LogP) is -0.785. The molecule has 4 N–H and O–H groups in total. The lowest BCUT2D eigenvalue weighted by Gasteiger charge is -2.12. The second-order valence-electron chi connectivity index (χ2n) is 1.86. The molecule has 0 aromatic carbocycles. The third-order valence-corrected chi connectivity index (χ3v) is 2.11. The van der Waals surface area contributed by atoms with E-state index in [2.05, 4.69) is 0 Å².